The van der Waals surface area contributed by atoms with Crippen LogP contribution in [0.25, 0.3) is 0 Å². The summed E-state index contributed by atoms with van der Waals surface area (Å²) in [5.74, 6) is 1.48. The van der Waals surface area contributed by atoms with Crippen LogP contribution in [-0.2, 0) is 11.2 Å². The molecule has 4 nitrogen and oxygen atoms in total. The third kappa shape index (κ3) is 4.55. The van der Waals surface area contributed by atoms with E-state index in [9.17, 15) is 0 Å². The molecule has 0 aliphatic carbocycles. The Bertz CT molecular complexity index is 355. The van der Waals surface area contributed by atoms with Gasteiger partial charge in [-0.15, -0.1) is 0 Å². The molecule has 0 bridgehead atoms. The van der Waals surface area contributed by atoms with Gasteiger partial charge >= 0.3 is 0 Å². The van der Waals surface area contributed by atoms with Crippen molar-refractivity contribution in [3.05, 3.63) is 23.8 Å². The first kappa shape index (κ1) is 14.8. The van der Waals surface area contributed by atoms with Crippen LogP contribution >= 0.6 is 0 Å². The van der Waals surface area contributed by atoms with E-state index >= 15 is 0 Å². The smallest absolute Gasteiger partial charge is 0.160 e. The Balaban J connectivity index is 2.56. The van der Waals surface area contributed by atoms with Crippen molar-refractivity contribution in [2.75, 3.05) is 27.4 Å². The van der Waals surface area contributed by atoms with Crippen LogP contribution in [-0.4, -0.2) is 33.5 Å². The van der Waals surface area contributed by atoms with Crippen LogP contribution in [0.5, 0.6) is 11.5 Å². The van der Waals surface area contributed by atoms with Gasteiger partial charge < -0.3 is 19.9 Å². The van der Waals surface area contributed by atoms with Gasteiger partial charge in [0, 0.05) is 19.3 Å². The van der Waals surface area contributed by atoms with E-state index in [0.717, 1.165) is 36.5 Å². The van der Waals surface area contributed by atoms with E-state index in [1.165, 1.54) is 0 Å². The third-order valence-corrected chi connectivity index (χ3v) is 2.78. The molecule has 0 spiro atoms. The summed E-state index contributed by atoms with van der Waals surface area (Å²) in [5.41, 5.74) is 7.21. The maximum absolute atomic E-state index is 6.06. The van der Waals surface area contributed by atoms with Gasteiger partial charge in [0.05, 0.1) is 14.2 Å². The molecule has 0 heterocycles. The van der Waals surface area contributed by atoms with Gasteiger partial charge in [-0.3, -0.25) is 0 Å². The van der Waals surface area contributed by atoms with Crippen molar-refractivity contribution in [1.29, 1.82) is 0 Å². The molecule has 1 atom stereocenters. The fourth-order valence-electron chi connectivity index (χ4n) is 1.79. The summed E-state index contributed by atoms with van der Waals surface area (Å²) in [6.07, 6.45) is 1.68. The van der Waals surface area contributed by atoms with E-state index in [2.05, 4.69) is 0 Å². The van der Waals surface area contributed by atoms with Crippen molar-refractivity contribution in [2.45, 2.75) is 25.8 Å². The quantitative estimate of drug-likeness (QED) is 0.720. The molecule has 2 N–H and O–H groups in total. The highest BCUT2D eigenvalue weighted by molar-refractivity contribution is 5.43. The average Bonchev–Trinajstić information content (AvgIpc) is 2.39. The predicted molar refractivity (Wildman–Crippen MR) is 72.3 cm³/mol. The van der Waals surface area contributed by atoms with Crippen LogP contribution in [0.15, 0.2) is 18.2 Å². The van der Waals surface area contributed by atoms with Crippen LogP contribution in [0.1, 0.15) is 18.9 Å². The molecule has 0 saturated heterocycles. The highest BCUT2D eigenvalue weighted by Crippen LogP contribution is 2.27. The third-order valence-electron chi connectivity index (χ3n) is 2.78. The minimum absolute atomic E-state index is 0.106. The van der Waals surface area contributed by atoms with Crippen molar-refractivity contribution in [3.8, 4) is 11.5 Å². The molecule has 4 heteroatoms. The van der Waals surface area contributed by atoms with E-state index in [1.807, 2.05) is 25.1 Å². The van der Waals surface area contributed by atoms with Gasteiger partial charge in [-0.25, -0.2) is 0 Å². The highest BCUT2D eigenvalue weighted by atomic mass is 16.5. The Morgan fingerprint density at radius 3 is 2.50 bits per heavy atom. The zero-order chi connectivity index (χ0) is 13.4. The van der Waals surface area contributed by atoms with E-state index in [-0.39, 0.29) is 6.04 Å². The normalized spacial score (nSPS) is 12.2. The molecule has 0 aliphatic rings. The average molecular weight is 253 g/mol. The second-order valence-corrected chi connectivity index (χ2v) is 4.14. The van der Waals surface area contributed by atoms with Gasteiger partial charge in [-0.05, 0) is 37.5 Å². The molecule has 0 fully saturated rings. The molecule has 0 aliphatic heterocycles. The van der Waals surface area contributed by atoms with Crippen molar-refractivity contribution < 1.29 is 14.2 Å². The Kier molecular flexibility index (Phi) is 6.54. The number of hydrogen-bond acceptors (Lipinski definition) is 4. The summed E-state index contributed by atoms with van der Waals surface area (Å²) in [6, 6.07) is 6.00. The zero-order valence-electron chi connectivity index (χ0n) is 11.4. The van der Waals surface area contributed by atoms with Gasteiger partial charge in [-0.2, -0.15) is 0 Å². The van der Waals surface area contributed by atoms with Gasteiger partial charge in [0.15, 0.2) is 11.5 Å². The van der Waals surface area contributed by atoms with Gasteiger partial charge in [-0.1, -0.05) is 6.07 Å². The molecule has 18 heavy (non-hydrogen) atoms. The number of rotatable bonds is 8. The van der Waals surface area contributed by atoms with Crippen molar-refractivity contribution in [3.63, 3.8) is 0 Å². The monoisotopic (exact) mass is 253 g/mol. The molecule has 0 amide bonds. The lowest BCUT2D eigenvalue weighted by Gasteiger charge is -2.13. The minimum atomic E-state index is 0.106. The predicted octanol–water partition coefficient (Wildman–Crippen LogP) is 2.00. The van der Waals surface area contributed by atoms with E-state index in [0.29, 0.717) is 6.61 Å². The number of benzene rings is 1. The summed E-state index contributed by atoms with van der Waals surface area (Å²) in [7, 11) is 3.27. The lowest BCUT2D eigenvalue weighted by atomic mass is 10.0. The Morgan fingerprint density at radius 1 is 1.17 bits per heavy atom. The summed E-state index contributed by atoms with van der Waals surface area (Å²) >= 11 is 0. The first-order chi connectivity index (χ1) is 8.71. The number of methoxy groups -OCH3 is 2. The lowest BCUT2D eigenvalue weighted by molar-refractivity contribution is 0.140. The maximum Gasteiger partial charge on any atom is 0.160 e. The molecule has 0 saturated carbocycles. The van der Waals surface area contributed by atoms with Crippen LogP contribution in [0.4, 0.5) is 0 Å². The number of hydrogen-bond donors (Lipinski definition) is 1. The minimum Gasteiger partial charge on any atom is -0.493 e. The summed E-state index contributed by atoms with van der Waals surface area (Å²) < 4.78 is 15.8. The molecule has 1 aromatic carbocycles. The number of nitrogens with two attached hydrogens (primary N) is 1. The van der Waals surface area contributed by atoms with E-state index < -0.39 is 0 Å². The first-order valence-corrected chi connectivity index (χ1v) is 6.25. The summed E-state index contributed by atoms with van der Waals surface area (Å²) in [4.78, 5) is 0. The molecule has 1 aromatic rings. The highest BCUT2D eigenvalue weighted by Gasteiger charge is 2.08. The van der Waals surface area contributed by atoms with Gasteiger partial charge in [0.1, 0.15) is 0 Å². The zero-order valence-corrected chi connectivity index (χ0v) is 11.4. The Labute approximate surface area is 109 Å². The van der Waals surface area contributed by atoms with Crippen LogP contribution < -0.4 is 15.2 Å². The van der Waals surface area contributed by atoms with Crippen molar-refractivity contribution in [2.24, 2.45) is 5.73 Å². The number of ether oxygens (including phenoxy) is 3. The molecule has 0 aromatic heterocycles. The molecular weight excluding hydrogens is 230 g/mol. The Hall–Kier alpha value is -1.26. The van der Waals surface area contributed by atoms with Crippen LogP contribution in [0, 0.1) is 0 Å². The molecule has 102 valence electrons. The van der Waals surface area contributed by atoms with E-state index in [4.69, 9.17) is 19.9 Å². The molecule has 1 unspecified atom stereocenters. The second kappa shape index (κ2) is 7.95. The summed E-state index contributed by atoms with van der Waals surface area (Å²) in [6.45, 7) is 3.44. The second-order valence-electron chi connectivity index (χ2n) is 4.14. The first-order valence-electron chi connectivity index (χ1n) is 6.25. The van der Waals surface area contributed by atoms with Crippen molar-refractivity contribution in [1.82, 2.24) is 0 Å². The van der Waals surface area contributed by atoms with Crippen LogP contribution in [0.2, 0.25) is 0 Å². The topological polar surface area (TPSA) is 53.7 Å². The fraction of sp³-hybridized carbons (Fsp3) is 0.571. The molecular formula is C14H23NO3. The Morgan fingerprint density at radius 2 is 1.89 bits per heavy atom. The van der Waals surface area contributed by atoms with Gasteiger partial charge in [0.25, 0.3) is 0 Å². The van der Waals surface area contributed by atoms with Crippen molar-refractivity contribution >= 4 is 0 Å². The van der Waals surface area contributed by atoms with Gasteiger partial charge in [0.2, 0.25) is 0 Å². The maximum atomic E-state index is 6.06. The fourth-order valence-corrected chi connectivity index (χ4v) is 1.79. The summed E-state index contributed by atoms with van der Waals surface area (Å²) in [5, 5.41) is 0. The standard InChI is InChI=1S/C14H23NO3/c1-4-18-8-7-12(15)9-11-5-6-13(16-2)14(10-11)17-3/h5-6,10,12H,4,7-9,15H2,1-3H3. The van der Waals surface area contributed by atoms with Crippen LogP contribution in [0.3, 0.4) is 0 Å². The SMILES string of the molecule is CCOCCC(N)Cc1ccc(OC)c(OC)c1. The molecule has 1 rings (SSSR count). The van der Waals surface area contributed by atoms with E-state index in [1.54, 1.807) is 14.2 Å². The largest absolute Gasteiger partial charge is 0.493 e. The molecule has 0 radical (unpaired) electrons. The lowest BCUT2D eigenvalue weighted by Crippen LogP contribution is -2.24.